The first-order valence-corrected chi connectivity index (χ1v) is 6.29. The topological polar surface area (TPSA) is 64.4 Å². The Balaban J connectivity index is 2.15. The number of nitrogens with one attached hydrogen (secondary N) is 1. The number of nitro groups is 1. The van der Waals surface area contributed by atoms with Crippen LogP contribution in [0.4, 0.5) is 11.4 Å². The molecule has 0 aliphatic heterocycles. The maximum Gasteiger partial charge on any atom is 0.288 e. The molecule has 0 aliphatic rings. The molecule has 6 heteroatoms. The van der Waals surface area contributed by atoms with Gasteiger partial charge in [0.25, 0.3) is 5.69 Å². The molecule has 0 radical (unpaired) electrons. The fraction of sp³-hybridized carbons (Fsp3) is 0.143. The number of anilines is 1. The zero-order valence-corrected chi connectivity index (χ0v) is 11.6. The Hall–Kier alpha value is -2.27. The molecule has 104 valence electrons. The Morgan fingerprint density at radius 3 is 2.75 bits per heavy atom. The zero-order chi connectivity index (χ0) is 14.5. The minimum Gasteiger partial charge on any atom is -0.495 e. The van der Waals surface area contributed by atoms with Gasteiger partial charge in [0.15, 0.2) is 0 Å². The largest absolute Gasteiger partial charge is 0.495 e. The molecule has 0 saturated heterocycles. The summed E-state index contributed by atoms with van der Waals surface area (Å²) in [5, 5.41) is 14.1. The van der Waals surface area contributed by atoms with Gasteiger partial charge in [0.2, 0.25) is 0 Å². The van der Waals surface area contributed by atoms with E-state index >= 15 is 0 Å². The van der Waals surface area contributed by atoms with E-state index in [-0.39, 0.29) is 10.7 Å². The van der Waals surface area contributed by atoms with E-state index in [1.807, 2.05) is 24.3 Å². The summed E-state index contributed by atoms with van der Waals surface area (Å²) in [6, 6.07) is 12.2. The molecule has 0 fully saturated rings. The number of hydrogen-bond acceptors (Lipinski definition) is 4. The highest BCUT2D eigenvalue weighted by atomic mass is 35.5. The molecule has 20 heavy (non-hydrogen) atoms. The highest BCUT2D eigenvalue weighted by Gasteiger charge is 2.12. The first-order chi connectivity index (χ1) is 9.61. The summed E-state index contributed by atoms with van der Waals surface area (Å²) in [6.07, 6.45) is 0. The summed E-state index contributed by atoms with van der Waals surface area (Å²) >= 11 is 5.77. The van der Waals surface area contributed by atoms with E-state index < -0.39 is 4.92 Å². The maximum atomic E-state index is 10.8. The molecule has 0 bridgehead atoms. The molecule has 0 aliphatic carbocycles. The molecule has 0 spiro atoms. The van der Waals surface area contributed by atoms with Crippen LogP contribution in [0.2, 0.25) is 5.02 Å². The Kier molecular flexibility index (Phi) is 4.42. The molecule has 0 heterocycles. The number of para-hydroxylation sites is 2. The molecule has 0 atom stereocenters. The van der Waals surface area contributed by atoms with Crippen LogP contribution in [0, 0.1) is 10.1 Å². The lowest BCUT2D eigenvalue weighted by molar-refractivity contribution is -0.384. The van der Waals surface area contributed by atoms with Gasteiger partial charge in [-0.1, -0.05) is 29.8 Å². The minimum atomic E-state index is -0.491. The van der Waals surface area contributed by atoms with Crippen molar-refractivity contribution in [1.29, 1.82) is 0 Å². The predicted octanol–water partition coefficient (Wildman–Crippen LogP) is 3.87. The molecular weight excluding hydrogens is 280 g/mol. The number of benzene rings is 2. The number of nitrogens with zero attached hydrogens (tertiary/aromatic N) is 1. The van der Waals surface area contributed by atoms with E-state index in [4.69, 9.17) is 16.3 Å². The van der Waals surface area contributed by atoms with Crippen molar-refractivity contribution < 1.29 is 9.66 Å². The second kappa shape index (κ2) is 6.25. The van der Waals surface area contributed by atoms with Gasteiger partial charge in [0.1, 0.15) is 10.8 Å². The van der Waals surface area contributed by atoms with Crippen LogP contribution in [0.3, 0.4) is 0 Å². The summed E-state index contributed by atoms with van der Waals surface area (Å²) in [7, 11) is 1.59. The van der Waals surface area contributed by atoms with Crippen molar-refractivity contribution in [2.24, 2.45) is 0 Å². The molecule has 0 amide bonds. The maximum absolute atomic E-state index is 10.8. The van der Waals surface area contributed by atoms with Gasteiger partial charge in [0.05, 0.1) is 17.7 Å². The summed E-state index contributed by atoms with van der Waals surface area (Å²) < 4.78 is 5.22. The van der Waals surface area contributed by atoms with Crippen LogP contribution in [0.1, 0.15) is 5.56 Å². The van der Waals surface area contributed by atoms with E-state index in [9.17, 15) is 10.1 Å². The van der Waals surface area contributed by atoms with E-state index in [1.165, 1.54) is 12.1 Å². The first kappa shape index (κ1) is 14.1. The highest BCUT2D eigenvalue weighted by Crippen LogP contribution is 2.27. The molecular formula is C14H13ClN2O3. The molecule has 2 rings (SSSR count). The van der Waals surface area contributed by atoms with Crippen molar-refractivity contribution in [1.82, 2.24) is 0 Å². The quantitative estimate of drug-likeness (QED) is 0.671. The molecule has 5 nitrogen and oxygen atoms in total. The van der Waals surface area contributed by atoms with Crippen LogP contribution in [0.15, 0.2) is 42.5 Å². The molecule has 2 aromatic rings. The molecule has 1 N–H and O–H groups in total. The lowest BCUT2D eigenvalue weighted by Gasteiger charge is -2.10. The van der Waals surface area contributed by atoms with Gasteiger partial charge in [-0.3, -0.25) is 10.1 Å². The van der Waals surface area contributed by atoms with E-state index in [1.54, 1.807) is 13.2 Å². The number of hydrogen-bond donors (Lipinski definition) is 1. The van der Waals surface area contributed by atoms with Gasteiger partial charge in [-0.05, 0) is 23.8 Å². The van der Waals surface area contributed by atoms with Crippen LogP contribution in [0.25, 0.3) is 0 Å². The number of methoxy groups -OCH3 is 1. The van der Waals surface area contributed by atoms with Crippen molar-refractivity contribution in [3.8, 4) is 5.75 Å². The van der Waals surface area contributed by atoms with Gasteiger partial charge in [0, 0.05) is 12.6 Å². The Morgan fingerprint density at radius 1 is 1.30 bits per heavy atom. The molecule has 0 aromatic heterocycles. The number of nitro benzene ring substituents is 1. The average Bonchev–Trinajstić information content (AvgIpc) is 2.46. The normalized spacial score (nSPS) is 10.1. The second-order valence-corrected chi connectivity index (χ2v) is 4.50. The highest BCUT2D eigenvalue weighted by molar-refractivity contribution is 6.32. The zero-order valence-electron chi connectivity index (χ0n) is 10.8. The second-order valence-electron chi connectivity index (χ2n) is 4.10. The fourth-order valence-electron chi connectivity index (χ4n) is 1.80. The summed E-state index contributed by atoms with van der Waals surface area (Å²) in [4.78, 5) is 10.3. The fourth-order valence-corrected chi connectivity index (χ4v) is 1.98. The van der Waals surface area contributed by atoms with Crippen molar-refractivity contribution in [2.45, 2.75) is 6.54 Å². The van der Waals surface area contributed by atoms with Crippen LogP contribution in [0.5, 0.6) is 5.75 Å². The van der Waals surface area contributed by atoms with Crippen LogP contribution < -0.4 is 10.1 Å². The van der Waals surface area contributed by atoms with Gasteiger partial charge < -0.3 is 10.1 Å². The summed E-state index contributed by atoms with van der Waals surface area (Å²) in [5.41, 5.74) is 1.51. The Morgan fingerprint density at radius 2 is 2.05 bits per heavy atom. The standard InChI is InChI=1S/C14H13ClN2O3/c1-20-14-5-3-2-4-12(14)16-9-10-6-7-11(15)13(8-10)17(18)19/h2-8,16H,9H2,1H3. The third-order valence-corrected chi connectivity index (χ3v) is 3.12. The first-order valence-electron chi connectivity index (χ1n) is 5.91. The van der Waals surface area contributed by atoms with Crippen LogP contribution in [-0.4, -0.2) is 12.0 Å². The van der Waals surface area contributed by atoms with E-state index in [2.05, 4.69) is 5.32 Å². The minimum absolute atomic E-state index is 0.0917. The monoisotopic (exact) mass is 292 g/mol. The molecule has 0 unspecified atom stereocenters. The smallest absolute Gasteiger partial charge is 0.288 e. The van der Waals surface area contributed by atoms with Gasteiger partial charge in [-0.15, -0.1) is 0 Å². The lowest BCUT2D eigenvalue weighted by atomic mass is 10.2. The third kappa shape index (κ3) is 3.19. The van der Waals surface area contributed by atoms with Gasteiger partial charge >= 0.3 is 0 Å². The lowest BCUT2D eigenvalue weighted by Crippen LogP contribution is -2.02. The number of halogens is 1. The summed E-state index contributed by atoms with van der Waals surface area (Å²) in [5.74, 6) is 0.718. The number of ether oxygens (including phenoxy) is 1. The third-order valence-electron chi connectivity index (χ3n) is 2.80. The van der Waals surface area contributed by atoms with Crippen molar-refractivity contribution in [3.05, 3.63) is 63.2 Å². The van der Waals surface area contributed by atoms with Crippen LogP contribution in [-0.2, 0) is 6.54 Å². The van der Waals surface area contributed by atoms with Gasteiger partial charge in [-0.25, -0.2) is 0 Å². The molecule has 0 saturated carbocycles. The Labute approximate surface area is 121 Å². The van der Waals surface area contributed by atoms with Crippen molar-refractivity contribution in [3.63, 3.8) is 0 Å². The van der Waals surface area contributed by atoms with Crippen LogP contribution >= 0.6 is 11.6 Å². The Bertz CT molecular complexity index is 632. The number of rotatable bonds is 5. The van der Waals surface area contributed by atoms with Crippen molar-refractivity contribution in [2.75, 3.05) is 12.4 Å². The van der Waals surface area contributed by atoms with Gasteiger partial charge in [-0.2, -0.15) is 0 Å². The van der Waals surface area contributed by atoms with Crippen molar-refractivity contribution >= 4 is 23.0 Å². The average molecular weight is 293 g/mol. The summed E-state index contributed by atoms with van der Waals surface area (Å²) in [6.45, 7) is 0.443. The van der Waals surface area contributed by atoms with E-state index in [0.29, 0.717) is 6.54 Å². The predicted molar refractivity (Wildman–Crippen MR) is 78.4 cm³/mol. The SMILES string of the molecule is COc1ccccc1NCc1ccc(Cl)c([N+](=O)[O-])c1. The molecule has 2 aromatic carbocycles. The van der Waals surface area contributed by atoms with E-state index in [0.717, 1.165) is 17.0 Å².